The van der Waals surface area contributed by atoms with E-state index in [9.17, 15) is 35.5 Å². The van der Waals surface area contributed by atoms with Crippen LogP contribution < -0.4 is 0 Å². The summed E-state index contributed by atoms with van der Waals surface area (Å²) in [6.45, 7) is 1.67. The van der Waals surface area contributed by atoms with Crippen molar-refractivity contribution in [3.63, 3.8) is 0 Å². The van der Waals surface area contributed by atoms with Gasteiger partial charge in [0.2, 0.25) is 0 Å². The lowest BCUT2D eigenvalue weighted by Crippen LogP contribution is -2.45. The number of aryl methyl sites for hydroxylation is 1. The molecule has 0 N–H and O–H groups in total. The topological polar surface area (TPSA) is 23.6 Å². The van der Waals surface area contributed by atoms with E-state index < -0.39 is 41.9 Å². The number of urea groups is 1. The van der Waals surface area contributed by atoms with Crippen LogP contribution in [0.15, 0.2) is 36.4 Å². The molecule has 1 heterocycles. The van der Waals surface area contributed by atoms with Gasteiger partial charge in [-0.15, -0.1) is 0 Å². The standard InChI is InChI=1S/C23H23F7N2O/c1-14-9-18(24)6-7-19(14)20-5-3-4-8-32(20)21(33)31(2)13-15-10-16(22(25,26)27)12-17(11-15)23(28,29)30/h6-7,9-12,20H,3-5,8,13H2,1-2H3/t20-/m1/s1. The number of alkyl halides is 6. The fraction of sp³-hybridized carbons (Fsp3) is 0.435. The molecule has 1 atom stereocenters. The Bertz CT molecular complexity index is 985. The number of rotatable bonds is 3. The SMILES string of the molecule is Cc1cc(F)ccc1[C@H]1CCCCN1C(=O)N(C)Cc1cc(C(F)(F)F)cc(C(F)(F)F)c1. The molecule has 1 fully saturated rings. The lowest BCUT2D eigenvalue weighted by molar-refractivity contribution is -0.143. The molecule has 3 rings (SSSR count). The summed E-state index contributed by atoms with van der Waals surface area (Å²) in [5, 5.41) is 0. The second-order valence-corrected chi connectivity index (χ2v) is 8.26. The minimum atomic E-state index is -4.96. The van der Waals surface area contributed by atoms with E-state index in [-0.39, 0.29) is 17.7 Å². The van der Waals surface area contributed by atoms with Crippen molar-refractivity contribution in [2.24, 2.45) is 0 Å². The Morgan fingerprint density at radius 2 is 1.61 bits per heavy atom. The minimum absolute atomic E-state index is 0.0588. The van der Waals surface area contributed by atoms with Gasteiger partial charge in [0.1, 0.15) is 5.82 Å². The summed E-state index contributed by atoms with van der Waals surface area (Å²) in [6, 6.07) is 4.68. The molecule has 1 aliphatic rings. The average Bonchev–Trinajstić information content (AvgIpc) is 2.72. The van der Waals surface area contributed by atoms with Crippen LogP contribution in [0.5, 0.6) is 0 Å². The highest BCUT2D eigenvalue weighted by molar-refractivity contribution is 5.75. The summed E-state index contributed by atoms with van der Waals surface area (Å²) in [5.41, 5.74) is -1.71. The molecule has 0 spiro atoms. The highest BCUT2D eigenvalue weighted by atomic mass is 19.4. The highest BCUT2D eigenvalue weighted by Crippen LogP contribution is 2.37. The Morgan fingerprint density at radius 3 is 2.15 bits per heavy atom. The fourth-order valence-electron chi connectivity index (χ4n) is 4.17. The van der Waals surface area contributed by atoms with Gasteiger partial charge in [-0.1, -0.05) is 6.07 Å². The number of benzene rings is 2. The van der Waals surface area contributed by atoms with Crippen molar-refractivity contribution in [1.82, 2.24) is 9.80 Å². The Morgan fingerprint density at radius 1 is 1.00 bits per heavy atom. The van der Waals surface area contributed by atoms with E-state index in [1.54, 1.807) is 17.9 Å². The van der Waals surface area contributed by atoms with Crippen LogP contribution in [0.25, 0.3) is 0 Å². The molecule has 3 nitrogen and oxygen atoms in total. The predicted molar refractivity (Wildman–Crippen MR) is 108 cm³/mol. The maximum atomic E-state index is 13.5. The second kappa shape index (κ2) is 9.23. The second-order valence-electron chi connectivity index (χ2n) is 8.26. The van der Waals surface area contributed by atoms with Crippen LogP contribution >= 0.6 is 0 Å². The van der Waals surface area contributed by atoms with Crippen LogP contribution in [0.1, 0.15) is 53.1 Å². The van der Waals surface area contributed by atoms with Crippen molar-refractivity contribution in [2.75, 3.05) is 13.6 Å². The Balaban J connectivity index is 1.87. The molecule has 0 unspecified atom stereocenters. The first-order chi connectivity index (χ1) is 15.3. The van der Waals surface area contributed by atoms with Crippen LogP contribution in [-0.2, 0) is 18.9 Å². The van der Waals surface area contributed by atoms with Gasteiger partial charge >= 0.3 is 18.4 Å². The minimum Gasteiger partial charge on any atom is -0.323 e. The number of piperidine rings is 1. The molecule has 0 radical (unpaired) electrons. The molecule has 1 aliphatic heterocycles. The van der Waals surface area contributed by atoms with E-state index in [1.165, 1.54) is 19.2 Å². The first kappa shape index (κ1) is 24.9. The molecule has 2 amide bonds. The maximum absolute atomic E-state index is 13.5. The Labute approximate surface area is 186 Å². The smallest absolute Gasteiger partial charge is 0.323 e. The zero-order valence-electron chi connectivity index (χ0n) is 18.0. The number of hydrogen-bond acceptors (Lipinski definition) is 1. The van der Waals surface area contributed by atoms with Crippen LogP contribution in [0.4, 0.5) is 35.5 Å². The van der Waals surface area contributed by atoms with Crippen LogP contribution in [-0.4, -0.2) is 29.4 Å². The van der Waals surface area contributed by atoms with Gasteiger partial charge in [0.25, 0.3) is 0 Å². The number of carbonyl (C=O) groups is 1. The predicted octanol–water partition coefficient (Wildman–Crippen LogP) is 6.95. The van der Waals surface area contributed by atoms with Crippen molar-refractivity contribution in [3.8, 4) is 0 Å². The Hall–Kier alpha value is -2.78. The van der Waals surface area contributed by atoms with E-state index in [2.05, 4.69) is 0 Å². The van der Waals surface area contributed by atoms with Crippen molar-refractivity contribution in [2.45, 2.75) is 51.1 Å². The molecule has 0 saturated carbocycles. The van der Waals surface area contributed by atoms with Crippen molar-refractivity contribution < 1.29 is 35.5 Å². The summed E-state index contributed by atoms with van der Waals surface area (Å²) >= 11 is 0. The van der Waals surface area contributed by atoms with E-state index in [0.29, 0.717) is 37.1 Å². The number of hydrogen-bond donors (Lipinski definition) is 0. The van der Waals surface area contributed by atoms with Crippen LogP contribution in [0, 0.1) is 12.7 Å². The third-order valence-electron chi connectivity index (χ3n) is 5.73. The monoisotopic (exact) mass is 476 g/mol. The summed E-state index contributed by atoms with van der Waals surface area (Å²) in [5.74, 6) is -0.410. The van der Waals surface area contributed by atoms with Gasteiger partial charge in [0.05, 0.1) is 17.2 Å². The third kappa shape index (κ3) is 5.78. The van der Waals surface area contributed by atoms with Gasteiger partial charge < -0.3 is 9.80 Å². The average molecular weight is 476 g/mol. The number of halogens is 7. The Kier molecular flexibility index (Phi) is 6.95. The molecule has 33 heavy (non-hydrogen) atoms. The molecule has 2 aromatic rings. The van der Waals surface area contributed by atoms with Crippen molar-refractivity contribution in [3.05, 3.63) is 70.0 Å². The van der Waals surface area contributed by atoms with Gasteiger partial charge in [-0.3, -0.25) is 0 Å². The normalized spacial score (nSPS) is 17.2. The van der Waals surface area contributed by atoms with Crippen LogP contribution in [0.2, 0.25) is 0 Å². The molecule has 0 bridgehead atoms. The molecule has 180 valence electrons. The molecular formula is C23H23F7N2O. The lowest BCUT2D eigenvalue weighted by Gasteiger charge is -2.39. The first-order valence-corrected chi connectivity index (χ1v) is 10.3. The quantitative estimate of drug-likeness (QED) is 0.440. The maximum Gasteiger partial charge on any atom is 0.416 e. The van der Waals surface area contributed by atoms with E-state index in [0.717, 1.165) is 16.9 Å². The van der Waals surface area contributed by atoms with Gasteiger partial charge in [0, 0.05) is 20.1 Å². The van der Waals surface area contributed by atoms with E-state index in [4.69, 9.17) is 0 Å². The number of nitrogens with zero attached hydrogens (tertiary/aromatic N) is 2. The molecule has 2 aromatic carbocycles. The summed E-state index contributed by atoms with van der Waals surface area (Å²) in [7, 11) is 1.33. The van der Waals surface area contributed by atoms with E-state index >= 15 is 0 Å². The lowest BCUT2D eigenvalue weighted by atomic mass is 9.92. The molecule has 1 saturated heterocycles. The van der Waals surface area contributed by atoms with Crippen molar-refractivity contribution >= 4 is 6.03 Å². The van der Waals surface area contributed by atoms with Gasteiger partial charge in [-0.2, -0.15) is 26.3 Å². The highest BCUT2D eigenvalue weighted by Gasteiger charge is 2.37. The number of likely N-dealkylation sites (tertiary alicyclic amines) is 1. The molecule has 0 aromatic heterocycles. The summed E-state index contributed by atoms with van der Waals surface area (Å²) in [4.78, 5) is 15.8. The molecular weight excluding hydrogens is 453 g/mol. The first-order valence-electron chi connectivity index (χ1n) is 10.3. The largest absolute Gasteiger partial charge is 0.416 e. The van der Waals surface area contributed by atoms with Crippen LogP contribution in [0.3, 0.4) is 0 Å². The van der Waals surface area contributed by atoms with Gasteiger partial charge in [-0.25, -0.2) is 9.18 Å². The summed E-state index contributed by atoms with van der Waals surface area (Å²) in [6.07, 6.45) is -7.77. The summed E-state index contributed by atoms with van der Waals surface area (Å²) < 4.78 is 92.4. The molecule has 10 heteroatoms. The third-order valence-corrected chi connectivity index (χ3v) is 5.73. The zero-order valence-corrected chi connectivity index (χ0v) is 18.0. The van der Waals surface area contributed by atoms with E-state index in [1.807, 2.05) is 0 Å². The number of amides is 2. The molecule has 0 aliphatic carbocycles. The van der Waals surface area contributed by atoms with Crippen molar-refractivity contribution in [1.29, 1.82) is 0 Å². The van der Waals surface area contributed by atoms with Gasteiger partial charge in [0.15, 0.2) is 0 Å². The zero-order chi connectivity index (χ0) is 24.6. The fourth-order valence-corrected chi connectivity index (χ4v) is 4.17. The van der Waals surface area contributed by atoms with Gasteiger partial charge in [-0.05, 0) is 73.2 Å². The number of carbonyl (C=O) groups excluding carboxylic acids is 1.